The van der Waals surface area contributed by atoms with E-state index in [-0.39, 0.29) is 29.8 Å². The fourth-order valence-corrected chi connectivity index (χ4v) is 3.71. The van der Waals surface area contributed by atoms with E-state index in [1.807, 2.05) is 31.1 Å². The number of anilines is 2. The Kier molecular flexibility index (Phi) is 8.08. The summed E-state index contributed by atoms with van der Waals surface area (Å²) in [5, 5.41) is 6.44. The summed E-state index contributed by atoms with van der Waals surface area (Å²) in [6.45, 7) is 3.78. The number of benzene rings is 1. The minimum atomic E-state index is -0.163. The lowest BCUT2D eigenvalue weighted by Gasteiger charge is -2.37. The van der Waals surface area contributed by atoms with Crippen molar-refractivity contribution >= 4 is 52.1 Å². The molecule has 27 heavy (non-hydrogen) atoms. The van der Waals surface area contributed by atoms with Crippen LogP contribution in [0, 0.1) is 5.82 Å². The van der Waals surface area contributed by atoms with E-state index in [2.05, 4.69) is 30.5 Å². The Morgan fingerprint density at radius 2 is 1.96 bits per heavy atom. The van der Waals surface area contributed by atoms with Gasteiger partial charge in [0.2, 0.25) is 0 Å². The molecular formula is C18H26FIN6S. The second-order valence-corrected chi connectivity index (χ2v) is 7.18. The number of nitrogens with zero attached hydrogens (tertiary/aromatic N) is 5. The lowest BCUT2D eigenvalue weighted by Crippen LogP contribution is -2.52. The van der Waals surface area contributed by atoms with Gasteiger partial charge in [-0.05, 0) is 12.1 Å². The maximum absolute atomic E-state index is 14.0. The Morgan fingerprint density at radius 1 is 1.26 bits per heavy atom. The third kappa shape index (κ3) is 5.44. The number of aliphatic imine (C=N–C) groups is 1. The second-order valence-electron chi connectivity index (χ2n) is 6.34. The third-order valence-electron chi connectivity index (χ3n) is 4.33. The van der Waals surface area contributed by atoms with Crippen molar-refractivity contribution in [2.75, 3.05) is 57.1 Å². The van der Waals surface area contributed by atoms with Crippen LogP contribution >= 0.6 is 35.3 Å². The van der Waals surface area contributed by atoms with Gasteiger partial charge in [-0.3, -0.25) is 4.99 Å². The molecular weight excluding hydrogens is 478 g/mol. The van der Waals surface area contributed by atoms with Crippen LogP contribution in [0.5, 0.6) is 0 Å². The molecule has 1 fully saturated rings. The molecule has 0 aliphatic carbocycles. The zero-order valence-corrected chi connectivity index (χ0v) is 19.0. The molecule has 0 radical (unpaired) electrons. The number of aromatic nitrogens is 1. The molecule has 1 aliphatic heterocycles. The fourth-order valence-electron chi connectivity index (χ4n) is 2.95. The molecule has 2 heterocycles. The number of rotatable bonds is 4. The summed E-state index contributed by atoms with van der Waals surface area (Å²) in [6, 6.07) is 6.95. The molecule has 0 atom stereocenters. The van der Waals surface area contributed by atoms with Crippen LogP contribution < -0.4 is 15.1 Å². The summed E-state index contributed by atoms with van der Waals surface area (Å²) in [7, 11) is 5.77. The molecule has 1 aromatic carbocycles. The number of piperazine rings is 1. The Labute approximate surface area is 181 Å². The van der Waals surface area contributed by atoms with Crippen molar-refractivity contribution in [2.24, 2.45) is 4.99 Å². The Hall–Kier alpha value is -1.62. The van der Waals surface area contributed by atoms with Crippen LogP contribution in [-0.2, 0) is 6.54 Å². The molecule has 0 spiro atoms. The molecule has 0 saturated carbocycles. The second kappa shape index (κ2) is 10.1. The van der Waals surface area contributed by atoms with E-state index in [0.717, 1.165) is 43.0 Å². The largest absolute Gasteiger partial charge is 0.366 e. The quantitative estimate of drug-likeness (QED) is 0.395. The van der Waals surface area contributed by atoms with Gasteiger partial charge in [-0.25, -0.2) is 9.37 Å². The van der Waals surface area contributed by atoms with Gasteiger partial charge in [-0.15, -0.1) is 35.3 Å². The minimum absolute atomic E-state index is 0. The first kappa shape index (κ1) is 21.7. The Bertz CT molecular complexity index is 758. The topological polar surface area (TPSA) is 47.0 Å². The molecule has 1 saturated heterocycles. The zero-order chi connectivity index (χ0) is 18.5. The van der Waals surface area contributed by atoms with Gasteiger partial charge in [0.05, 0.1) is 17.9 Å². The van der Waals surface area contributed by atoms with Crippen molar-refractivity contribution in [3.8, 4) is 0 Å². The molecule has 0 amide bonds. The van der Waals surface area contributed by atoms with Gasteiger partial charge >= 0.3 is 0 Å². The number of nitrogens with one attached hydrogen (secondary N) is 1. The summed E-state index contributed by atoms with van der Waals surface area (Å²) in [4.78, 5) is 15.3. The molecule has 2 aromatic rings. The summed E-state index contributed by atoms with van der Waals surface area (Å²) in [5.41, 5.74) is 1.68. The predicted molar refractivity (Wildman–Crippen MR) is 122 cm³/mol. The molecule has 1 aromatic heterocycles. The Morgan fingerprint density at radius 3 is 2.56 bits per heavy atom. The van der Waals surface area contributed by atoms with Gasteiger partial charge < -0.3 is 20.0 Å². The van der Waals surface area contributed by atoms with Crippen LogP contribution in [0.2, 0.25) is 0 Å². The van der Waals surface area contributed by atoms with Crippen molar-refractivity contribution in [1.29, 1.82) is 0 Å². The lowest BCUT2D eigenvalue weighted by atomic mass is 10.2. The van der Waals surface area contributed by atoms with E-state index in [1.54, 1.807) is 24.5 Å². The smallest absolute Gasteiger partial charge is 0.194 e. The van der Waals surface area contributed by atoms with E-state index >= 15 is 0 Å². The molecule has 0 unspecified atom stereocenters. The average molecular weight is 504 g/mol. The first-order chi connectivity index (χ1) is 12.6. The molecule has 3 rings (SSSR count). The number of hydrogen-bond acceptors (Lipinski definition) is 5. The zero-order valence-electron chi connectivity index (χ0n) is 15.9. The van der Waals surface area contributed by atoms with E-state index in [1.165, 1.54) is 6.07 Å². The van der Waals surface area contributed by atoms with Gasteiger partial charge in [0, 0.05) is 52.7 Å². The minimum Gasteiger partial charge on any atom is -0.366 e. The molecule has 9 heteroatoms. The van der Waals surface area contributed by atoms with Crippen molar-refractivity contribution in [2.45, 2.75) is 6.54 Å². The van der Waals surface area contributed by atoms with E-state index < -0.39 is 0 Å². The Balaban J connectivity index is 0.00000261. The van der Waals surface area contributed by atoms with Crippen molar-refractivity contribution in [3.05, 3.63) is 41.2 Å². The maximum atomic E-state index is 14.0. The van der Waals surface area contributed by atoms with E-state index in [4.69, 9.17) is 0 Å². The van der Waals surface area contributed by atoms with Gasteiger partial charge in [0.25, 0.3) is 0 Å². The van der Waals surface area contributed by atoms with Crippen LogP contribution in [0.4, 0.5) is 15.2 Å². The SMILES string of the molecule is CN=C(NCc1csc(N(C)C)n1)N1CCN(c2ccccc2F)CC1.I. The standard InChI is InChI=1S/C18H25FN6S.HI/c1-20-17(21-12-14-13-26-18(22-14)23(2)3)25-10-8-24(9-11-25)16-7-5-4-6-15(16)19;/h4-7,13H,8-12H2,1-3H3,(H,20,21);1H. The summed E-state index contributed by atoms with van der Waals surface area (Å²) < 4.78 is 14.0. The highest BCUT2D eigenvalue weighted by Crippen LogP contribution is 2.20. The fraction of sp³-hybridized carbons (Fsp3) is 0.444. The predicted octanol–water partition coefficient (Wildman–Crippen LogP) is 2.86. The first-order valence-corrected chi connectivity index (χ1v) is 9.53. The number of hydrogen-bond donors (Lipinski definition) is 1. The summed E-state index contributed by atoms with van der Waals surface area (Å²) in [6.07, 6.45) is 0. The van der Waals surface area contributed by atoms with Crippen molar-refractivity contribution in [3.63, 3.8) is 0 Å². The highest BCUT2D eigenvalue weighted by Gasteiger charge is 2.21. The van der Waals surface area contributed by atoms with Gasteiger partial charge in [0.15, 0.2) is 11.1 Å². The van der Waals surface area contributed by atoms with Crippen LogP contribution in [0.15, 0.2) is 34.6 Å². The van der Waals surface area contributed by atoms with Gasteiger partial charge in [0.1, 0.15) is 5.82 Å². The van der Waals surface area contributed by atoms with Gasteiger partial charge in [-0.2, -0.15) is 0 Å². The van der Waals surface area contributed by atoms with Crippen LogP contribution in [0.3, 0.4) is 0 Å². The monoisotopic (exact) mass is 504 g/mol. The van der Waals surface area contributed by atoms with Crippen molar-refractivity contribution in [1.82, 2.24) is 15.2 Å². The molecule has 148 valence electrons. The number of para-hydroxylation sites is 1. The normalized spacial score (nSPS) is 14.7. The lowest BCUT2D eigenvalue weighted by molar-refractivity contribution is 0.370. The molecule has 0 bridgehead atoms. The van der Waals surface area contributed by atoms with Crippen LogP contribution in [-0.4, -0.2) is 63.2 Å². The van der Waals surface area contributed by atoms with Crippen molar-refractivity contribution < 1.29 is 4.39 Å². The maximum Gasteiger partial charge on any atom is 0.194 e. The summed E-state index contributed by atoms with van der Waals surface area (Å²) >= 11 is 1.63. The van der Waals surface area contributed by atoms with Crippen LogP contribution in [0.1, 0.15) is 5.69 Å². The number of guanidine groups is 1. The summed E-state index contributed by atoms with van der Waals surface area (Å²) in [5.74, 6) is 0.696. The van der Waals surface area contributed by atoms with E-state index in [0.29, 0.717) is 12.2 Å². The highest BCUT2D eigenvalue weighted by molar-refractivity contribution is 14.0. The average Bonchev–Trinajstić information content (AvgIpc) is 3.13. The van der Waals surface area contributed by atoms with E-state index in [9.17, 15) is 4.39 Å². The van der Waals surface area contributed by atoms with Crippen LogP contribution in [0.25, 0.3) is 0 Å². The molecule has 1 N–H and O–H groups in total. The molecule has 6 nitrogen and oxygen atoms in total. The highest BCUT2D eigenvalue weighted by atomic mass is 127. The van der Waals surface area contributed by atoms with Gasteiger partial charge in [-0.1, -0.05) is 12.1 Å². The molecule has 1 aliphatic rings. The number of halogens is 2. The third-order valence-corrected chi connectivity index (χ3v) is 5.39. The number of thiazole rings is 1. The first-order valence-electron chi connectivity index (χ1n) is 8.65.